The van der Waals surface area contributed by atoms with Crippen LogP contribution in [-0.2, 0) is 9.53 Å². The molecule has 1 atom stereocenters. The lowest BCUT2D eigenvalue weighted by atomic mass is 10.1. The number of amides is 1. The number of halogens is 1. The molecule has 0 aliphatic heterocycles. The fourth-order valence-electron chi connectivity index (χ4n) is 1.59. The zero-order valence-electron chi connectivity index (χ0n) is 10.9. The predicted octanol–water partition coefficient (Wildman–Crippen LogP) is 1.95. The topological polar surface area (TPSA) is 110 Å². The van der Waals surface area contributed by atoms with E-state index in [1.54, 1.807) is 6.92 Å². The molecule has 1 rings (SSSR count). The van der Waals surface area contributed by atoms with Crippen molar-refractivity contribution >= 4 is 23.5 Å². The molecule has 0 heterocycles. The van der Waals surface area contributed by atoms with E-state index >= 15 is 0 Å². The molecule has 0 spiro atoms. The third kappa shape index (κ3) is 4.62. The Morgan fingerprint density at radius 3 is 2.40 bits per heavy atom. The summed E-state index contributed by atoms with van der Waals surface area (Å²) in [5, 5.41) is 18.6. The Hall–Kier alpha value is -1.95. The van der Waals surface area contributed by atoms with E-state index in [2.05, 4.69) is 0 Å². The van der Waals surface area contributed by atoms with Gasteiger partial charge in [0, 0.05) is 6.42 Å². The highest BCUT2D eigenvalue weighted by molar-refractivity contribution is 6.33. The van der Waals surface area contributed by atoms with Crippen molar-refractivity contribution in [3.05, 3.63) is 22.7 Å². The molecule has 4 N–H and O–H groups in total. The van der Waals surface area contributed by atoms with E-state index in [-0.39, 0.29) is 17.0 Å². The first-order chi connectivity index (χ1) is 9.31. The summed E-state index contributed by atoms with van der Waals surface area (Å²) < 4.78 is 5.11. The normalized spacial score (nSPS) is 11.9. The van der Waals surface area contributed by atoms with Crippen LogP contribution in [0.5, 0.6) is 11.5 Å². The lowest BCUT2D eigenvalue weighted by Gasteiger charge is -2.13. The molecule has 1 unspecified atom stereocenters. The van der Waals surface area contributed by atoms with E-state index in [4.69, 9.17) is 22.1 Å². The van der Waals surface area contributed by atoms with Crippen LogP contribution in [0.2, 0.25) is 5.02 Å². The van der Waals surface area contributed by atoms with Crippen LogP contribution in [0.15, 0.2) is 12.1 Å². The minimum absolute atomic E-state index is 0.00819. The Bertz CT molecular complexity index is 494. The number of hydrogen-bond acceptors (Lipinski definition) is 5. The molecule has 0 saturated carbocycles. The number of aromatic hydroxyl groups is 2. The molecule has 0 radical (unpaired) electrons. The number of nitrogens with two attached hydrogens (primary N) is 1. The van der Waals surface area contributed by atoms with Crippen LogP contribution < -0.4 is 5.73 Å². The maximum Gasteiger partial charge on any atom is 0.338 e. The quantitative estimate of drug-likeness (QED) is 0.696. The molecule has 6 nitrogen and oxygen atoms in total. The van der Waals surface area contributed by atoms with Crippen molar-refractivity contribution in [3.8, 4) is 11.5 Å². The van der Waals surface area contributed by atoms with E-state index in [9.17, 15) is 19.8 Å². The number of primary amides is 1. The van der Waals surface area contributed by atoms with Crippen LogP contribution in [0.1, 0.15) is 36.5 Å². The Labute approximate surface area is 121 Å². The van der Waals surface area contributed by atoms with Crippen LogP contribution in [-0.4, -0.2) is 28.2 Å². The SMILES string of the molecule is CC(CCCC(N)=O)OC(=O)c1cc(O)c(Cl)c(O)c1. The maximum absolute atomic E-state index is 11.8. The first kappa shape index (κ1) is 16.1. The van der Waals surface area contributed by atoms with Gasteiger partial charge in [-0.2, -0.15) is 0 Å². The Morgan fingerprint density at radius 1 is 1.35 bits per heavy atom. The second kappa shape index (κ2) is 7.00. The minimum Gasteiger partial charge on any atom is -0.506 e. The first-order valence-corrected chi connectivity index (χ1v) is 6.39. The van der Waals surface area contributed by atoms with Gasteiger partial charge in [-0.25, -0.2) is 4.79 Å². The average Bonchev–Trinajstić information content (AvgIpc) is 2.34. The van der Waals surface area contributed by atoms with Gasteiger partial charge < -0.3 is 20.7 Å². The number of benzene rings is 1. The summed E-state index contributed by atoms with van der Waals surface area (Å²) in [5.74, 6) is -1.91. The van der Waals surface area contributed by atoms with Gasteiger partial charge in [0.15, 0.2) is 0 Å². The summed E-state index contributed by atoms with van der Waals surface area (Å²) in [5.41, 5.74) is 5.00. The largest absolute Gasteiger partial charge is 0.506 e. The Balaban J connectivity index is 2.60. The summed E-state index contributed by atoms with van der Waals surface area (Å²) in [7, 11) is 0. The van der Waals surface area contributed by atoms with Gasteiger partial charge in [0.2, 0.25) is 5.91 Å². The predicted molar refractivity (Wildman–Crippen MR) is 72.7 cm³/mol. The number of esters is 1. The molecule has 1 amide bonds. The van der Waals surface area contributed by atoms with Crippen LogP contribution >= 0.6 is 11.6 Å². The maximum atomic E-state index is 11.8. The monoisotopic (exact) mass is 301 g/mol. The van der Waals surface area contributed by atoms with Crippen LogP contribution in [0.3, 0.4) is 0 Å². The summed E-state index contributed by atoms with van der Waals surface area (Å²) in [6.45, 7) is 1.68. The van der Waals surface area contributed by atoms with Crippen LogP contribution in [0.4, 0.5) is 0 Å². The number of hydrogen-bond donors (Lipinski definition) is 3. The molecular formula is C13H16ClNO5. The van der Waals surface area contributed by atoms with E-state index < -0.39 is 29.5 Å². The molecule has 0 fully saturated rings. The van der Waals surface area contributed by atoms with Crippen molar-refractivity contribution in [1.82, 2.24) is 0 Å². The van der Waals surface area contributed by atoms with Crippen molar-refractivity contribution in [2.45, 2.75) is 32.3 Å². The number of ether oxygens (including phenoxy) is 1. The molecule has 0 aliphatic carbocycles. The first-order valence-electron chi connectivity index (χ1n) is 6.02. The number of phenols is 2. The summed E-state index contributed by atoms with van der Waals surface area (Å²) in [6.07, 6.45) is 0.813. The van der Waals surface area contributed by atoms with Gasteiger partial charge in [-0.15, -0.1) is 0 Å². The standard InChI is InChI=1S/C13H16ClNO5/c1-7(3-2-4-11(15)18)20-13(19)8-5-9(16)12(14)10(17)6-8/h5-7,16-17H,2-4H2,1H3,(H2,15,18). The molecule has 110 valence electrons. The van der Waals surface area contributed by atoms with Crippen molar-refractivity contribution < 1.29 is 24.5 Å². The van der Waals surface area contributed by atoms with Crippen molar-refractivity contribution in [2.75, 3.05) is 0 Å². The van der Waals surface area contributed by atoms with E-state index in [0.29, 0.717) is 12.8 Å². The average molecular weight is 302 g/mol. The lowest BCUT2D eigenvalue weighted by Crippen LogP contribution is -2.16. The molecule has 0 saturated heterocycles. The van der Waals surface area contributed by atoms with Crippen molar-refractivity contribution in [3.63, 3.8) is 0 Å². The summed E-state index contributed by atoms with van der Waals surface area (Å²) >= 11 is 5.56. The highest BCUT2D eigenvalue weighted by atomic mass is 35.5. The molecule has 7 heteroatoms. The number of carbonyl (C=O) groups excluding carboxylic acids is 2. The number of carbonyl (C=O) groups is 2. The zero-order chi connectivity index (χ0) is 15.3. The highest BCUT2D eigenvalue weighted by Crippen LogP contribution is 2.33. The third-order valence-corrected chi connectivity index (χ3v) is 3.00. The Morgan fingerprint density at radius 2 is 1.90 bits per heavy atom. The van der Waals surface area contributed by atoms with Gasteiger partial charge in [-0.05, 0) is 31.9 Å². The third-order valence-electron chi connectivity index (χ3n) is 2.61. The van der Waals surface area contributed by atoms with Gasteiger partial charge >= 0.3 is 5.97 Å². The van der Waals surface area contributed by atoms with E-state index in [1.807, 2.05) is 0 Å². The van der Waals surface area contributed by atoms with Gasteiger partial charge in [0.1, 0.15) is 16.5 Å². The Kier molecular flexibility index (Phi) is 5.64. The van der Waals surface area contributed by atoms with Gasteiger partial charge in [-0.1, -0.05) is 11.6 Å². The number of rotatable bonds is 6. The number of phenolic OH excluding ortho intramolecular Hbond substituents is 2. The van der Waals surface area contributed by atoms with Gasteiger partial charge in [0.25, 0.3) is 0 Å². The van der Waals surface area contributed by atoms with E-state index in [0.717, 1.165) is 12.1 Å². The van der Waals surface area contributed by atoms with Crippen LogP contribution in [0, 0.1) is 0 Å². The molecule has 0 bridgehead atoms. The molecule has 0 aliphatic rings. The molecule has 0 aromatic heterocycles. The second-order valence-electron chi connectivity index (χ2n) is 4.40. The van der Waals surface area contributed by atoms with Gasteiger partial charge in [0.05, 0.1) is 11.7 Å². The summed E-state index contributed by atoms with van der Waals surface area (Å²) in [4.78, 5) is 22.4. The molecule has 1 aromatic rings. The fraction of sp³-hybridized carbons (Fsp3) is 0.385. The van der Waals surface area contributed by atoms with Crippen molar-refractivity contribution in [2.24, 2.45) is 5.73 Å². The summed E-state index contributed by atoms with van der Waals surface area (Å²) in [6, 6.07) is 2.22. The van der Waals surface area contributed by atoms with Crippen molar-refractivity contribution in [1.29, 1.82) is 0 Å². The van der Waals surface area contributed by atoms with Crippen LogP contribution in [0.25, 0.3) is 0 Å². The smallest absolute Gasteiger partial charge is 0.338 e. The van der Waals surface area contributed by atoms with Gasteiger partial charge in [-0.3, -0.25) is 4.79 Å². The molecule has 20 heavy (non-hydrogen) atoms. The lowest BCUT2D eigenvalue weighted by molar-refractivity contribution is -0.118. The molecular weight excluding hydrogens is 286 g/mol. The zero-order valence-corrected chi connectivity index (χ0v) is 11.7. The minimum atomic E-state index is -0.696. The molecule has 1 aromatic carbocycles. The highest BCUT2D eigenvalue weighted by Gasteiger charge is 2.16. The second-order valence-corrected chi connectivity index (χ2v) is 4.78. The van der Waals surface area contributed by atoms with E-state index in [1.165, 1.54) is 0 Å². The fourth-order valence-corrected chi connectivity index (χ4v) is 1.69.